The highest BCUT2D eigenvalue weighted by Gasteiger charge is 2.32. The molecule has 1 rings (SSSR count). The number of pyridine rings is 1. The molecule has 1 aromatic rings. The van der Waals surface area contributed by atoms with Gasteiger partial charge in [0.15, 0.2) is 0 Å². The summed E-state index contributed by atoms with van der Waals surface area (Å²) in [4.78, 5) is 3.93. The van der Waals surface area contributed by atoms with Crippen molar-refractivity contribution < 1.29 is 0 Å². The minimum atomic E-state index is -0.810. The molecule has 0 fully saturated rings. The van der Waals surface area contributed by atoms with Crippen LogP contribution in [-0.2, 0) is 5.21 Å². The van der Waals surface area contributed by atoms with Gasteiger partial charge in [-0.25, -0.2) is 0 Å². The predicted molar refractivity (Wildman–Crippen MR) is 56.9 cm³/mol. The van der Waals surface area contributed by atoms with Crippen molar-refractivity contribution in [1.29, 1.82) is 0 Å². The third-order valence-electron chi connectivity index (χ3n) is 2.40. The molecule has 0 spiro atoms. The summed E-state index contributed by atoms with van der Waals surface area (Å²) in [6.45, 7) is 6.06. The number of rotatable bonds is 1. The Morgan fingerprint density at radius 3 is 1.92 bits per heavy atom. The molecule has 3 heteroatoms. The van der Waals surface area contributed by atoms with Crippen molar-refractivity contribution in [2.75, 3.05) is 0 Å². The van der Waals surface area contributed by atoms with E-state index < -0.39 is 5.21 Å². The molecule has 64 valence electrons. The van der Waals surface area contributed by atoms with E-state index in [1.165, 1.54) is 0 Å². The van der Waals surface area contributed by atoms with Crippen LogP contribution in [0.2, 0.25) is 0 Å². The number of hydrogen-bond acceptors (Lipinski definition) is 1. The maximum Gasteiger partial charge on any atom is 0.0689 e. The third kappa shape index (κ3) is 1.96. The summed E-state index contributed by atoms with van der Waals surface area (Å²) < 4.78 is 0. The zero-order valence-electron chi connectivity index (χ0n) is 8.41. The van der Waals surface area contributed by atoms with Crippen molar-refractivity contribution in [3.8, 4) is 0 Å². The van der Waals surface area contributed by atoms with Gasteiger partial charge >= 0.3 is 0 Å². The Morgan fingerprint density at radius 1 is 1.08 bits per heavy atom. The van der Waals surface area contributed by atoms with Crippen molar-refractivity contribution in [1.82, 2.24) is 4.98 Å². The summed E-state index contributed by atoms with van der Waals surface area (Å²) in [5.74, 6) is 0. The van der Waals surface area contributed by atoms with Crippen LogP contribution < -0.4 is 0 Å². The molecule has 0 aliphatic heterocycles. The first kappa shape index (κ1) is 10.4. The molecule has 0 aromatic carbocycles. The summed E-state index contributed by atoms with van der Waals surface area (Å²) >= 11 is 0. The monoisotopic (exact) mass is 169 g/mol. The Kier molecular flexibility index (Phi) is 2.56. The lowest BCUT2D eigenvalue weighted by Crippen LogP contribution is -2.41. The van der Waals surface area contributed by atoms with Crippen LogP contribution in [0.4, 0.5) is 0 Å². The molecular weight excluding hydrogens is 156 g/mol. The molecule has 0 bridgehead atoms. The molecule has 13 heavy (non-hydrogen) atoms. The van der Waals surface area contributed by atoms with Gasteiger partial charge in [0.2, 0.25) is 0 Å². The van der Waals surface area contributed by atoms with E-state index in [1.54, 1.807) is 12.4 Å². The summed E-state index contributed by atoms with van der Waals surface area (Å²) in [7, 11) is 12.1. The first-order valence-electron chi connectivity index (χ1n) is 4.34. The van der Waals surface area contributed by atoms with E-state index in [-0.39, 0.29) is 5.41 Å². The molecule has 0 amide bonds. The zero-order valence-corrected chi connectivity index (χ0v) is 8.41. The van der Waals surface area contributed by atoms with Gasteiger partial charge in [0.1, 0.15) is 0 Å². The van der Waals surface area contributed by atoms with E-state index in [2.05, 4.69) is 4.98 Å². The molecule has 0 saturated heterocycles. The van der Waals surface area contributed by atoms with Crippen molar-refractivity contribution in [2.24, 2.45) is 5.41 Å². The second-order valence-corrected chi connectivity index (χ2v) is 4.35. The van der Waals surface area contributed by atoms with Crippen LogP contribution in [0.3, 0.4) is 0 Å². The minimum Gasteiger partial charge on any atom is -0.265 e. The maximum absolute atomic E-state index is 6.07. The highest BCUT2D eigenvalue weighted by Crippen LogP contribution is 2.35. The second kappa shape index (κ2) is 3.21. The van der Waals surface area contributed by atoms with E-state index in [0.717, 1.165) is 5.56 Å². The van der Waals surface area contributed by atoms with E-state index in [4.69, 9.17) is 15.7 Å². The van der Waals surface area contributed by atoms with Gasteiger partial charge in [-0.2, -0.15) is 0 Å². The minimum absolute atomic E-state index is 0.172. The molecule has 1 nitrogen and oxygen atoms in total. The quantitative estimate of drug-likeness (QED) is 0.581. The number of aromatic nitrogens is 1. The molecule has 0 unspecified atom stereocenters. The fourth-order valence-electron chi connectivity index (χ4n) is 1.06. The van der Waals surface area contributed by atoms with Crippen LogP contribution >= 0.6 is 0 Å². The molecule has 0 saturated carbocycles. The van der Waals surface area contributed by atoms with Crippen molar-refractivity contribution in [3.63, 3.8) is 0 Å². The standard InChI is InChI=1S/C10H13B2N/c1-9(2,3)10(11,12)8-4-6-13-7-5-8/h4-7H,1-3H3. The molecule has 0 N–H and O–H groups in total. The molecule has 0 atom stereocenters. The van der Waals surface area contributed by atoms with E-state index in [0.29, 0.717) is 0 Å². The lowest BCUT2D eigenvalue weighted by Gasteiger charge is -2.40. The lowest BCUT2D eigenvalue weighted by atomic mass is 9.41. The first-order valence-corrected chi connectivity index (χ1v) is 4.34. The van der Waals surface area contributed by atoms with Crippen LogP contribution in [0.15, 0.2) is 24.5 Å². The Bertz CT molecular complexity index is 275. The van der Waals surface area contributed by atoms with Crippen LogP contribution in [0.5, 0.6) is 0 Å². The van der Waals surface area contributed by atoms with Gasteiger partial charge in [0.25, 0.3) is 0 Å². The van der Waals surface area contributed by atoms with Gasteiger partial charge in [0, 0.05) is 12.4 Å². The van der Waals surface area contributed by atoms with Gasteiger partial charge in [-0.3, -0.25) is 4.98 Å². The Morgan fingerprint density at radius 2 is 1.54 bits per heavy atom. The topological polar surface area (TPSA) is 12.9 Å². The van der Waals surface area contributed by atoms with Crippen molar-refractivity contribution in [2.45, 2.75) is 26.0 Å². The fraction of sp³-hybridized carbons (Fsp3) is 0.500. The maximum atomic E-state index is 6.07. The predicted octanol–water partition coefficient (Wildman–Crippen LogP) is 1.62. The summed E-state index contributed by atoms with van der Waals surface area (Å²) in [5.41, 5.74) is 0.740. The van der Waals surface area contributed by atoms with Gasteiger partial charge in [0.05, 0.1) is 15.7 Å². The van der Waals surface area contributed by atoms with Crippen molar-refractivity contribution >= 4 is 15.7 Å². The summed E-state index contributed by atoms with van der Waals surface area (Å²) in [6, 6.07) is 3.70. The van der Waals surface area contributed by atoms with Gasteiger partial charge in [-0.1, -0.05) is 31.5 Å². The molecule has 1 heterocycles. The summed E-state index contributed by atoms with van der Waals surface area (Å²) in [6.07, 6.45) is 3.41. The molecular formula is C10H13B2N. The van der Waals surface area contributed by atoms with Crippen LogP contribution in [0.1, 0.15) is 26.3 Å². The lowest BCUT2D eigenvalue weighted by molar-refractivity contribution is 0.358. The highest BCUT2D eigenvalue weighted by atomic mass is 14.6. The Hall–Kier alpha value is -0.720. The normalized spacial score (nSPS) is 12.8. The van der Waals surface area contributed by atoms with E-state index in [9.17, 15) is 0 Å². The van der Waals surface area contributed by atoms with Gasteiger partial charge in [-0.15, -0.1) is 0 Å². The Balaban J connectivity index is 3.08. The van der Waals surface area contributed by atoms with E-state index in [1.807, 2.05) is 32.9 Å². The van der Waals surface area contributed by atoms with Gasteiger partial charge in [-0.05, 0) is 17.5 Å². The smallest absolute Gasteiger partial charge is 0.0689 e. The van der Waals surface area contributed by atoms with Crippen molar-refractivity contribution in [3.05, 3.63) is 30.1 Å². The molecule has 1 aromatic heterocycles. The highest BCUT2D eigenvalue weighted by molar-refractivity contribution is 6.40. The fourth-order valence-corrected chi connectivity index (χ4v) is 1.06. The molecule has 0 aliphatic rings. The first-order chi connectivity index (χ1) is 5.86. The average Bonchev–Trinajstić information content (AvgIpc) is 2.04. The SMILES string of the molecule is [B]C([B])(c1ccncc1)C(C)(C)C. The average molecular weight is 169 g/mol. The zero-order chi connectivity index (χ0) is 10.1. The summed E-state index contributed by atoms with van der Waals surface area (Å²) in [5, 5.41) is -0.810. The van der Waals surface area contributed by atoms with Crippen LogP contribution in [0, 0.1) is 5.41 Å². The van der Waals surface area contributed by atoms with E-state index >= 15 is 0 Å². The largest absolute Gasteiger partial charge is 0.265 e. The number of hydrogen-bond donors (Lipinski definition) is 0. The second-order valence-electron chi connectivity index (χ2n) is 4.35. The van der Waals surface area contributed by atoms with Crippen LogP contribution in [0.25, 0.3) is 0 Å². The Labute approximate surface area is 82.8 Å². The molecule has 4 radical (unpaired) electrons. The molecule has 0 aliphatic carbocycles. The number of nitrogens with zero attached hydrogens (tertiary/aromatic N) is 1. The van der Waals surface area contributed by atoms with Crippen LogP contribution in [-0.4, -0.2) is 20.7 Å². The third-order valence-corrected chi connectivity index (χ3v) is 2.40. The van der Waals surface area contributed by atoms with Gasteiger partial charge < -0.3 is 0 Å².